The third-order valence-electron chi connectivity index (χ3n) is 6.83. The Morgan fingerprint density at radius 2 is 2.23 bits per heavy atom. The lowest BCUT2D eigenvalue weighted by Gasteiger charge is -2.44. The van der Waals surface area contributed by atoms with Crippen LogP contribution in [0.3, 0.4) is 0 Å². The second kappa shape index (κ2) is 8.06. The molecular formula is C22H28F2N4O2. The molecule has 2 aliphatic rings. The van der Waals surface area contributed by atoms with Crippen LogP contribution in [0.25, 0.3) is 11.4 Å². The molecule has 4 atom stereocenters. The average Bonchev–Trinajstić information content (AvgIpc) is 3.37. The van der Waals surface area contributed by atoms with Gasteiger partial charge in [0.25, 0.3) is 5.89 Å². The van der Waals surface area contributed by atoms with Crippen LogP contribution in [-0.2, 0) is 11.2 Å². The Labute approximate surface area is 174 Å². The lowest BCUT2D eigenvalue weighted by atomic mass is 9.74. The molecule has 2 N–H and O–H groups in total. The maximum absolute atomic E-state index is 13.2. The molecule has 1 aromatic heterocycles. The number of nitrogens with one attached hydrogen (secondary N) is 2. The molecule has 1 saturated heterocycles. The number of hydrogen-bond donors (Lipinski definition) is 2. The molecule has 2 heterocycles. The van der Waals surface area contributed by atoms with Crippen LogP contribution in [0.1, 0.15) is 69.4 Å². The summed E-state index contributed by atoms with van der Waals surface area (Å²) < 4.78 is 30.0. The highest BCUT2D eigenvalue weighted by molar-refractivity contribution is 5.85. The molecule has 1 aromatic carbocycles. The third kappa shape index (κ3) is 3.85. The van der Waals surface area contributed by atoms with Crippen molar-refractivity contribution in [3.63, 3.8) is 0 Å². The van der Waals surface area contributed by atoms with Crippen molar-refractivity contribution in [2.45, 2.75) is 70.9 Å². The van der Waals surface area contributed by atoms with Crippen molar-refractivity contribution >= 4 is 5.91 Å². The van der Waals surface area contributed by atoms with E-state index >= 15 is 0 Å². The molecule has 1 aliphatic heterocycles. The number of hydrogen-bond acceptors (Lipinski definition) is 5. The van der Waals surface area contributed by atoms with Gasteiger partial charge in [-0.05, 0) is 49.8 Å². The normalized spacial score (nSPS) is 28.5. The van der Waals surface area contributed by atoms with Crippen molar-refractivity contribution in [2.75, 3.05) is 6.54 Å². The van der Waals surface area contributed by atoms with Crippen molar-refractivity contribution in [3.05, 3.63) is 35.2 Å². The number of benzene rings is 1. The fraction of sp³-hybridized carbons (Fsp3) is 0.591. The van der Waals surface area contributed by atoms with Crippen molar-refractivity contribution in [1.29, 1.82) is 0 Å². The van der Waals surface area contributed by atoms with Crippen LogP contribution < -0.4 is 10.6 Å². The van der Waals surface area contributed by atoms with Gasteiger partial charge in [0.15, 0.2) is 0 Å². The van der Waals surface area contributed by atoms with E-state index < -0.39 is 12.3 Å². The molecule has 30 heavy (non-hydrogen) atoms. The number of rotatable bonds is 5. The summed E-state index contributed by atoms with van der Waals surface area (Å²) in [5.41, 5.74) is 2.69. The van der Waals surface area contributed by atoms with E-state index in [2.05, 4.69) is 46.1 Å². The summed E-state index contributed by atoms with van der Waals surface area (Å²) in [4.78, 5) is 16.9. The van der Waals surface area contributed by atoms with Gasteiger partial charge >= 0.3 is 6.43 Å². The van der Waals surface area contributed by atoms with Crippen molar-refractivity contribution in [3.8, 4) is 11.4 Å². The predicted octanol–water partition coefficient (Wildman–Crippen LogP) is 3.99. The van der Waals surface area contributed by atoms with Gasteiger partial charge < -0.3 is 15.2 Å². The van der Waals surface area contributed by atoms with Gasteiger partial charge in [-0.3, -0.25) is 4.79 Å². The van der Waals surface area contributed by atoms with Crippen LogP contribution in [-0.4, -0.2) is 34.7 Å². The highest BCUT2D eigenvalue weighted by atomic mass is 19.3. The number of carbonyl (C=O) groups is 1. The molecule has 0 saturated carbocycles. The lowest BCUT2D eigenvalue weighted by Crippen LogP contribution is -2.58. The van der Waals surface area contributed by atoms with E-state index in [1.54, 1.807) is 6.07 Å². The van der Waals surface area contributed by atoms with E-state index in [-0.39, 0.29) is 29.1 Å². The van der Waals surface area contributed by atoms with Gasteiger partial charge in [-0.15, -0.1) is 0 Å². The number of aryl methyl sites for hydroxylation is 1. The Bertz CT molecular complexity index is 932. The zero-order valence-electron chi connectivity index (χ0n) is 17.5. The van der Waals surface area contributed by atoms with Gasteiger partial charge in [0.05, 0.1) is 5.92 Å². The van der Waals surface area contributed by atoms with Gasteiger partial charge in [0.1, 0.15) is 0 Å². The number of amides is 1. The molecule has 162 valence electrons. The van der Waals surface area contributed by atoms with Crippen molar-refractivity contribution in [1.82, 2.24) is 20.8 Å². The van der Waals surface area contributed by atoms with Crippen LogP contribution >= 0.6 is 0 Å². The van der Waals surface area contributed by atoms with Gasteiger partial charge in [0.2, 0.25) is 11.7 Å². The SMILES string of the molecule is CCC1(C)CNC(C)CC1NC(=O)[C@@H]1CCc2cc(-c3noc(C(F)F)n3)ccc21. The second-order valence-electron chi connectivity index (χ2n) is 8.85. The van der Waals surface area contributed by atoms with E-state index in [1.807, 2.05) is 12.1 Å². The molecule has 6 nitrogen and oxygen atoms in total. The molecule has 1 amide bonds. The van der Waals surface area contributed by atoms with Gasteiger partial charge in [-0.2, -0.15) is 13.8 Å². The minimum absolute atomic E-state index is 0.0362. The van der Waals surface area contributed by atoms with E-state index in [0.717, 1.165) is 43.4 Å². The molecule has 4 rings (SSSR count). The fourth-order valence-electron chi connectivity index (χ4n) is 4.60. The number of halogens is 2. The molecule has 0 radical (unpaired) electrons. The number of alkyl halides is 2. The van der Waals surface area contributed by atoms with E-state index in [9.17, 15) is 13.6 Å². The Morgan fingerprint density at radius 3 is 2.93 bits per heavy atom. The third-order valence-corrected chi connectivity index (χ3v) is 6.83. The van der Waals surface area contributed by atoms with Gasteiger partial charge in [-0.1, -0.05) is 31.1 Å². The molecule has 0 spiro atoms. The molecule has 1 aliphatic carbocycles. The average molecular weight is 418 g/mol. The summed E-state index contributed by atoms with van der Waals surface area (Å²) in [6.45, 7) is 7.44. The van der Waals surface area contributed by atoms with Crippen LogP contribution in [0.5, 0.6) is 0 Å². The monoisotopic (exact) mass is 418 g/mol. The summed E-state index contributed by atoms with van der Waals surface area (Å²) in [7, 11) is 0. The number of aromatic nitrogens is 2. The standard InChI is InChI=1S/C22H28F2N4O2/c1-4-22(3)11-25-12(2)9-17(22)26-20(29)16-8-5-13-10-14(6-7-15(13)16)19-27-21(18(23)24)30-28-19/h6-7,10,12,16-18,25H,4-5,8-9,11H2,1-3H3,(H,26,29)/t12?,16-,17?,22?/m1/s1. The summed E-state index contributed by atoms with van der Waals surface area (Å²) in [6.07, 6.45) is 0.615. The molecule has 0 bridgehead atoms. The van der Waals surface area contributed by atoms with Crippen LogP contribution in [0.4, 0.5) is 8.78 Å². The van der Waals surface area contributed by atoms with Gasteiger partial charge in [-0.25, -0.2) is 0 Å². The Morgan fingerprint density at radius 1 is 1.43 bits per heavy atom. The van der Waals surface area contributed by atoms with E-state index in [0.29, 0.717) is 11.6 Å². The highest BCUT2D eigenvalue weighted by Gasteiger charge is 2.40. The maximum Gasteiger partial charge on any atom is 0.315 e. The van der Waals surface area contributed by atoms with Crippen LogP contribution in [0.2, 0.25) is 0 Å². The number of fused-ring (bicyclic) bond motifs is 1. The smallest absolute Gasteiger partial charge is 0.315 e. The second-order valence-corrected chi connectivity index (χ2v) is 8.85. The lowest BCUT2D eigenvalue weighted by molar-refractivity contribution is -0.124. The highest BCUT2D eigenvalue weighted by Crippen LogP contribution is 2.37. The molecular weight excluding hydrogens is 390 g/mol. The molecule has 2 aromatic rings. The minimum atomic E-state index is -2.79. The molecule has 1 fully saturated rings. The molecule has 8 heteroatoms. The number of piperidine rings is 1. The largest absolute Gasteiger partial charge is 0.352 e. The zero-order valence-corrected chi connectivity index (χ0v) is 17.5. The van der Waals surface area contributed by atoms with Crippen LogP contribution in [0, 0.1) is 5.41 Å². The van der Waals surface area contributed by atoms with E-state index in [1.165, 1.54) is 0 Å². The zero-order chi connectivity index (χ0) is 21.5. The molecule has 3 unspecified atom stereocenters. The first-order chi connectivity index (χ1) is 14.3. The maximum atomic E-state index is 13.2. The quantitative estimate of drug-likeness (QED) is 0.768. The number of nitrogens with zero attached hydrogens (tertiary/aromatic N) is 2. The first-order valence-electron chi connectivity index (χ1n) is 10.6. The minimum Gasteiger partial charge on any atom is -0.352 e. The number of carbonyl (C=O) groups excluding carboxylic acids is 1. The first-order valence-corrected chi connectivity index (χ1v) is 10.6. The Hall–Kier alpha value is -2.35. The Balaban J connectivity index is 1.50. The topological polar surface area (TPSA) is 80.0 Å². The van der Waals surface area contributed by atoms with Crippen molar-refractivity contribution < 1.29 is 18.1 Å². The summed E-state index contributed by atoms with van der Waals surface area (Å²) in [5, 5.41) is 10.5. The first kappa shape index (κ1) is 20.9. The fourth-order valence-corrected chi connectivity index (χ4v) is 4.60. The summed E-state index contributed by atoms with van der Waals surface area (Å²) in [5.74, 6) is -0.664. The summed E-state index contributed by atoms with van der Waals surface area (Å²) >= 11 is 0. The van der Waals surface area contributed by atoms with E-state index in [4.69, 9.17) is 0 Å². The van der Waals surface area contributed by atoms with Crippen molar-refractivity contribution in [2.24, 2.45) is 5.41 Å². The van der Waals surface area contributed by atoms with Crippen LogP contribution in [0.15, 0.2) is 22.7 Å². The van der Waals surface area contributed by atoms with Gasteiger partial charge in [0, 0.05) is 29.6 Å². The predicted molar refractivity (Wildman–Crippen MR) is 108 cm³/mol. The summed E-state index contributed by atoms with van der Waals surface area (Å²) in [6, 6.07) is 6.06. The Kier molecular flexibility index (Phi) is 5.61.